The molecule has 1 aliphatic carbocycles. The number of likely N-dealkylation sites (tertiary alicyclic amines) is 1. The van der Waals surface area contributed by atoms with Crippen molar-refractivity contribution in [2.75, 3.05) is 13.1 Å². The van der Waals surface area contributed by atoms with Crippen LogP contribution < -0.4 is 0 Å². The molecule has 0 aromatic heterocycles. The van der Waals surface area contributed by atoms with Gasteiger partial charge < -0.3 is 9.64 Å². The molecule has 2 fully saturated rings. The summed E-state index contributed by atoms with van der Waals surface area (Å²) in [6.45, 7) is 7.40. The van der Waals surface area contributed by atoms with Crippen molar-refractivity contribution in [3.63, 3.8) is 0 Å². The van der Waals surface area contributed by atoms with Crippen LogP contribution in [0.25, 0.3) is 0 Å². The van der Waals surface area contributed by atoms with Gasteiger partial charge in [-0.15, -0.1) is 0 Å². The number of rotatable bonds is 0. The summed E-state index contributed by atoms with van der Waals surface area (Å²) in [4.78, 5) is 13.9. The summed E-state index contributed by atoms with van der Waals surface area (Å²) >= 11 is 0. The van der Waals surface area contributed by atoms with Crippen molar-refractivity contribution in [2.45, 2.75) is 64.9 Å². The Labute approximate surface area is 110 Å². The molecule has 1 saturated carbocycles. The lowest BCUT2D eigenvalue weighted by Crippen LogP contribution is -2.40. The highest BCUT2D eigenvalue weighted by Crippen LogP contribution is 2.31. The van der Waals surface area contributed by atoms with Crippen LogP contribution in [0.5, 0.6) is 0 Å². The van der Waals surface area contributed by atoms with Crippen molar-refractivity contribution in [3.8, 4) is 0 Å². The first-order valence-electron chi connectivity index (χ1n) is 7.13. The van der Waals surface area contributed by atoms with E-state index in [2.05, 4.69) is 0 Å². The second-order valence-corrected chi connectivity index (χ2v) is 6.42. The topological polar surface area (TPSA) is 29.5 Å². The predicted octanol–water partition coefficient (Wildman–Crippen LogP) is 3.89. The molecule has 0 aromatic carbocycles. The molecule has 3 nitrogen and oxygen atoms in total. The van der Waals surface area contributed by atoms with Crippen LogP contribution in [0.1, 0.15) is 59.3 Å². The van der Waals surface area contributed by atoms with Gasteiger partial charge in [0.1, 0.15) is 5.60 Å². The Morgan fingerprint density at radius 3 is 2.28 bits per heavy atom. The van der Waals surface area contributed by atoms with E-state index in [1.165, 1.54) is 37.7 Å². The lowest BCUT2D eigenvalue weighted by atomic mass is 9.98. The second kappa shape index (κ2) is 5.33. The highest BCUT2D eigenvalue weighted by molar-refractivity contribution is 5.68. The first-order chi connectivity index (χ1) is 8.46. The lowest BCUT2D eigenvalue weighted by molar-refractivity contribution is 0.0246. The molecule has 0 unspecified atom stereocenters. The maximum absolute atomic E-state index is 12.1. The van der Waals surface area contributed by atoms with Crippen LogP contribution >= 0.6 is 0 Å². The van der Waals surface area contributed by atoms with E-state index in [4.69, 9.17) is 4.74 Å². The summed E-state index contributed by atoms with van der Waals surface area (Å²) in [7, 11) is 0. The lowest BCUT2D eigenvalue weighted by Gasteiger charge is -2.32. The van der Waals surface area contributed by atoms with Gasteiger partial charge in [0, 0.05) is 13.1 Å². The average Bonchev–Trinajstić information content (AvgIpc) is 2.80. The Morgan fingerprint density at radius 1 is 1.06 bits per heavy atom. The molecule has 3 heteroatoms. The average molecular weight is 251 g/mol. The number of carbonyl (C=O) groups excluding carboxylic acids is 1. The van der Waals surface area contributed by atoms with Gasteiger partial charge in [-0.2, -0.15) is 0 Å². The van der Waals surface area contributed by atoms with E-state index in [9.17, 15) is 4.79 Å². The molecule has 0 spiro atoms. The van der Waals surface area contributed by atoms with Gasteiger partial charge in [-0.3, -0.25) is 0 Å². The first kappa shape index (κ1) is 13.4. The summed E-state index contributed by atoms with van der Waals surface area (Å²) in [5.41, 5.74) is 2.72. The molecule has 2 rings (SSSR count). The van der Waals surface area contributed by atoms with Gasteiger partial charge in [-0.25, -0.2) is 4.79 Å². The van der Waals surface area contributed by atoms with E-state index in [-0.39, 0.29) is 6.09 Å². The standard InChI is InChI=1S/C15H25NO2/c1-15(2,3)18-14(17)16-10-6-9-13(11-16)12-7-4-5-8-12/h4-11H2,1-3H3. The minimum atomic E-state index is -0.394. The van der Waals surface area contributed by atoms with E-state index in [1.807, 2.05) is 25.7 Å². The van der Waals surface area contributed by atoms with E-state index in [1.54, 1.807) is 5.57 Å². The van der Waals surface area contributed by atoms with Crippen LogP contribution in [0.15, 0.2) is 11.1 Å². The minimum Gasteiger partial charge on any atom is -0.444 e. The van der Waals surface area contributed by atoms with Crippen LogP contribution in [-0.4, -0.2) is 29.7 Å². The second-order valence-electron chi connectivity index (χ2n) is 6.42. The van der Waals surface area contributed by atoms with Gasteiger partial charge in [0.2, 0.25) is 0 Å². The summed E-state index contributed by atoms with van der Waals surface area (Å²) in [6.07, 6.45) is 7.25. The van der Waals surface area contributed by atoms with Gasteiger partial charge in [0.05, 0.1) is 0 Å². The molecule has 0 aromatic rings. The number of nitrogens with zero attached hydrogens (tertiary/aromatic N) is 1. The summed E-state index contributed by atoms with van der Waals surface area (Å²) in [5.74, 6) is 0. The third-order valence-corrected chi connectivity index (χ3v) is 3.65. The first-order valence-corrected chi connectivity index (χ1v) is 7.13. The summed E-state index contributed by atoms with van der Waals surface area (Å²) < 4.78 is 5.45. The van der Waals surface area contributed by atoms with Gasteiger partial charge in [0.15, 0.2) is 0 Å². The Hall–Kier alpha value is -0.990. The number of hydrogen-bond donors (Lipinski definition) is 0. The number of piperidine rings is 1. The van der Waals surface area contributed by atoms with Crippen molar-refractivity contribution in [2.24, 2.45) is 0 Å². The third kappa shape index (κ3) is 3.50. The molecular formula is C15H25NO2. The quantitative estimate of drug-likeness (QED) is 0.611. The van der Waals surface area contributed by atoms with Crippen molar-refractivity contribution in [1.29, 1.82) is 0 Å². The van der Waals surface area contributed by atoms with Crippen LogP contribution in [0, 0.1) is 0 Å². The van der Waals surface area contributed by atoms with Crippen LogP contribution in [0.3, 0.4) is 0 Å². The molecule has 0 bridgehead atoms. The van der Waals surface area contributed by atoms with Gasteiger partial charge in [0.25, 0.3) is 0 Å². The van der Waals surface area contributed by atoms with E-state index in [0.717, 1.165) is 19.5 Å². The zero-order chi connectivity index (χ0) is 13.2. The Balaban J connectivity index is 1.98. The Morgan fingerprint density at radius 2 is 1.67 bits per heavy atom. The summed E-state index contributed by atoms with van der Waals surface area (Å²) in [5, 5.41) is 0. The van der Waals surface area contributed by atoms with Gasteiger partial charge >= 0.3 is 6.09 Å². The van der Waals surface area contributed by atoms with Gasteiger partial charge in [-0.1, -0.05) is 11.1 Å². The Kier molecular flexibility index (Phi) is 3.98. The van der Waals surface area contributed by atoms with Crippen molar-refractivity contribution < 1.29 is 9.53 Å². The fraction of sp³-hybridized carbons (Fsp3) is 0.800. The zero-order valence-electron chi connectivity index (χ0n) is 11.9. The van der Waals surface area contributed by atoms with E-state index >= 15 is 0 Å². The Bertz CT molecular complexity index is 344. The number of carbonyl (C=O) groups is 1. The van der Waals surface area contributed by atoms with Crippen molar-refractivity contribution in [1.82, 2.24) is 4.90 Å². The monoisotopic (exact) mass is 251 g/mol. The molecule has 2 aliphatic rings. The van der Waals surface area contributed by atoms with Crippen molar-refractivity contribution >= 4 is 6.09 Å². The van der Waals surface area contributed by atoms with Gasteiger partial charge in [-0.05, 0) is 59.3 Å². The molecule has 0 radical (unpaired) electrons. The largest absolute Gasteiger partial charge is 0.444 e. The number of allylic oxidation sites excluding steroid dienone is 1. The smallest absolute Gasteiger partial charge is 0.410 e. The highest BCUT2D eigenvalue weighted by Gasteiger charge is 2.26. The zero-order valence-corrected chi connectivity index (χ0v) is 11.9. The summed E-state index contributed by atoms with van der Waals surface area (Å²) in [6, 6.07) is 0. The maximum Gasteiger partial charge on any atom is 0.410 e. The number of ether oxygens (including phenoxy) is 1. The fourth-order valence-electron chi connectivity index (χ4n) is 2.80. The van der Waals surface area contributed by atoms with E-state index in [0.29, 0.717) is 0 Å². The molecular weight excluding hydrogens is 226 g/mol. The van der Waals surface area contributed by atoms with Crippen LogP contribution in [0.4, 0.5) is 4.79 Å². The normalized spacial score (nSPS) is 21.4. The molecule has 1 amide bonds. The van der Waals surface area contributed by atoms with E-state index < -0.39 is 5.60 Å². The predicted molar refractivity (Wildman–Crippen MR) is 72.5 cm³/mol. The number of hydrogen-bond acceptors (Lipinski definition) is 2. The minimum absolute atomic E-state index is 0.154. The molecule has 1 heterocycles. The van der Waals surface area contributed by atoms with Crippen LogP contribution in [0.2, 0.25) is 0 Å². The third-order valence-electron chi connectivity index (χ3n) is 3.65. The molecule has 0 N–H and O–H groups in total. The highest BCUT2D eigenvalue weighted by atomic mass is 16.6. The molecule has 102 valence electrons. The maximum atomic E-state index is 12.1. The fourth-order valence-corrected chi connectivity index (χ4v) is 2.80. The van der Waals surface area contributed by atoms with Crippen LogP contribution in [-0.2, 0) is 4.74 Å². The molecule has 0 atom stereocenters. The molecule has 1 aliphatic heterocycles. The molecule has 1 saturated heterocycles. The van der Waals surface area contributed by atoms with Crippen molar-refractivity contribution in [3.05, 3.63) is 11.1 Å². The SMILES string of the molecule is CC(C)(C)OC(=O)N1CCCC(=C2CCCC2)C1. The molecule has 18 heavy (non-hydrogen) atoms. The number of amides is 1.